The molecule has 0 radical (unpaired) electrons. The summed E-state index contributed by atoms with van der Waals surface area (Å²) in [6.07, 6.45) is 3.24. The molecule has 2 unspecified atom stereocenters. The molecule has 1 saturated carbocycles. The van der Waals surface area contributed by atoms with Crippen LogP contribution < -0.4 is 0 Å². The number of rotatable bonds is 1. The summed E-state index contributed by atoms with van der Waals surface area (Å²) in [7, 11) is 0. The Morgan fingerprint density at radius 2 is 2.17 bits per heavy atom. The van der Waals surface area contributed by atoms with Gasteiger partial charge >= 0.3 is 0 Å². The molecule has 2 bridgehead atoms. The van der Waals surface area contributed by atoms with Gasteiger partial charge in [-0.05, 0) is 29.4 Å². The Hall–Kier alpha value is -0.920. The summed E-state index contributed by atoms with van der Waals surface area (Å²) in [4.78, 5) is 22.0. The van der Waals surface area contributed by atoms with Gasteiger partial charge in [0.05, 0.1) is 0 Å². The van der Waals surface area contributed by atoms with Gasteiger partial charge in [-0.15, -0.1) is 0 Å². The van der Waals surface area contributed by atoms with Crippen LogP contribution in [0.4, 0.5) is 0 Å². The predicted molar refractivity (Wildman–Crippen MR) is 44.5 cm³/mol. The molecule has 3 aliphatic rings. The van der Waals surface area contributed by atoms with Crippen molar-refractivity contribution in [2.75, 3.05) is 0 Å². The number of ketones is 1. The largest absolute Gasteiger partial charge is 0.298 e. The Kier molecular flexibility index (Phi) is 1.33. The first-order valence-electron chi connectivity index (χ1n) is 4.28. The molecule has 0 saturated heterocycles. The van der Waals surface area contributed by atoms with E-state index in [9.17, 15) is 9.59 Å². The average molecular weight is 164 g/mol. The monoisotopic (exact) mass is 164 g/mol. The van der Waals surface area contributed by atoms with Crippen molar-refractivity contribution >= 4 is 12.1 Å². The van der Waals surface area contributed by atoms with Gasteiger partial charge in [0.25, 0.3) is 0 Å². The minimum Gasteiger partial charge on any atom is -0.298 e. The molecule has 0 spiro atoms. The molecule has 2 nitrogen and oxygen atoms in total. The zero-order valence-electron chi connectivity index (χ0n) is 7.33. The van der Waals surface area contributed by atoms with Crippen LogP contribution in [0, 0.1) is 17.3 Å². The smallest absolute Gasteiger partial charge is 0.159 e. The van der Waals surface area contributed by atoms with Gasteiger partial charge in [-0.2, -0.15) is 0 Å². The standard InChI is InChI=1S/C10H12O2/c1-10(2)7-4-8(10)9(12)3-6(7)5-11/h3,5,7-8H,4H2,1-2H3. The summed E-state index contributed by atoms with van der Waals surface area (Å²) in [5.74, 6) is 0.647. The van der Waals surface area contributed by atoms with Crippen LogP contribution >= 0.6 is 0 Å². The van der Waals surface area contributed by atoms with Crippen LogP contribution in [0.3, 0.4) is 0 Å². The molecule has 0 aromatic heterocycles. The van der Waals surface area contributed by atoms with E-state index in [1.54, 1.807) is 0 Å². The SMILES string of the molecule is CC1(C)C2CC1C(C=O)=CC2=O. The van der Waals surface area contributed by atoms with E-state index in [4.69, 9.17) is 0 Å². The lowest BCUT2D eigenvalue weighted by Gasteiger charge is -2.54. The summed E-state index contributed by atoms with van der Waals surface area (Å²) < 4.78 is 0. The fraction of sp³-hybridized carbons (Fsp3) is 0.600. The number of fused-ring (bicyclic) bond motifs is 1. The average Bonchev–Trinajstić information content (AvgIpc) is 2.02. The molecule has 0 aliphatic heterocycles. The molecule has 1 fully saturated rings. The van der Waals surface area contributed by atoms with Gasteiger partial charge in [0.2, 0.25) is 0 Å². The van der Waals surface area contributed by atoms with Crippen molar-refractivity contribution in [3.63, 3.8) is 0 Å². The third-order valence-corrected chi connectivity index (χ3v) is 3.46. The molecule has 64 valence electrons. The van der Waals surface area contributed by atoms with E-state index in [0.717, 1.165) is 12.7 Å². The molecule has 0 aromatic carbocycles. The van der Waals surface area contributed by atoms with Gasteiger partial charge in [0.15, 0.2) is 5.78 Å². The van der Waals surface area contributed by atoms with E-state index in [2.05, 4.69) is 13.8 Å². The first kappa shape index (κ1) is 7.71. The highest BCUT2D eigenvalue weighted by Crippen LogP contribution is 2.57. The number of carbonyl (C=O) groups is 2. The van der Waals surface area contributed by atoms with E-state index in [1.807, 2.05) is 0 Å². The minimum atomic E-state index is 0.0298. The van der Waals surface area contributed by atoms with Crippen molar-refractivity contribution in [3.05, 3.63) is 11.6 Å². The first-order chi connectivity index (χ1) is 5.57. The quantitative estimate of drug-likeness (QED) is 0.548. The molecule has 0 amide bonds. The topological polar surface area (TPSA) is 34.1 Å². The van der Waals surface area contributed by atoms with Crippen molar-refractivity contribution in [3.8, 4) is 0 Å². The van der Waals surface area contributed by atoms with Crippen molar-refractivity contribution in [1.29, 1.82) is 0 Å². The number of hydrogen-bond acceptors (Lipinski definition) is 2. The second-order valence-corrected chi connectivity index (χ2v) is 4.33. The maximum Gasteiger partial charge on any atom is 0.159 e. The molecule has 12 heavy (non-hydrogen) atoms. The third kappa shape index (κ3) is 0.701. The van der Waals surface area contributed by atoms with Gasteiger partial charge in [0.1, 0.15) is 6.29 Å². The third-order valence-electron chi connectivity index (χ3n) is 3.46. The highest BCUT2D eigenvalue weighted by Gasteiger charge is 2.55. The minimum absolute atomic E-state index is 0.0298. The van der Waals surface area contributed by atoms with E-state index in [1.165, 1.54) is 6.08 Å². The summed E-state index contributed by atoms with van der Waals surface area (Å²) in [6, 6.07) is 0. The lowest BCUT2D eigenvalue weighted by Crippen LogP contribution is -2.52. The number of aldehydes is 1. The van der Waals surface area contributed by atoms with Crippen LogP contribution in [0.25, 0.3) is 0 Å². The fourth-order valence-electron chi connectivity index (χ4n) is 2.46. The highest BCUT2D eigenvalue weighted by molar-refractivity contribution is 6.01. The summed E-state index contributed by atoms with van der Waals surface area (Å²) in [5.41, 5.74) is 0.731. The molecule has 2 atom stereocenters. The number of hydrogen-bond donors (Lipinski definition) is 0. The highest BCUT2D eigenvalue weighted by atomic mass is 16.1. The predicted octanol–water partition coefficient (Wildman–Crippen LogP) is 1.36. The molecule has 2 heteroatoms. The number of carbonyl (C=O) groups excluding carboxylic acids is 2. The zero-order chi connectivity index (χ0) is 8.93. The van der Waals surface area contributed by atoms with Gasteiger partial charge < -0.3 is 0 Å². The van der Waals surface area contributed by atoms with Crippen molar-refractivity contribution in [2.24, 2.45) is 17.3 Å². The van der Waals surface area contributed by atoms with Crippen LogP contribution in [0.2, 0.25) is 0 Å². The van der Waals surface area contributed by atoms with Crippen LogP contribution in [-0.2, 0) is 9.59 Å². The Labute approximate surface area is 71.6 Å². The van der Waals surface area contributed by atoms with Gasteiger partial charge in [0, 0.05) is 5.92 Å². The van der Waals surface area contributed by atoms with E-state index >= 15 is 0 Å². The fourth-order valence-corrected chi connectivity index (χ4v) is 2.46. The first-order valence-corrected chi connectivity index (χ1v) is 4.28. The lowest BCUT2D eigenvalue weighted by molar-refractivity contribution is -0.135. The maximum absolute atomic E-state index is 11.4. The van der Waals surface area contributed by atoms with Crippen molar-refractivity contribution < 1.29 is 9.59 Å². The Bertz CT molecular complexity index is 286. The Morgan fingerprint density at radius 1 is 1.50 bits per heavy atom. The maximum atomic E-state index is 11.4. The molecule has 3 aliphatic carbocycles. The number of allylic oxidation sites excluding steroid dienone is 2. The lowest BCUT2D eigenvalue weighted by atomic mass is 9.48. The van der Waals surface area contributed by atoms with E-state index < -0.39 is 0 Å². The molecule has 0 heterocycles. The molecular formula is C10H12O2. The van der Waals surface area contributed by atoms with Gasteiger partial charge in [-0.3, -0.25) is 9.59 Å². The van der Waals surface area contributed by atoms with Crippen LogP contribution in [-0.4, -0.2) is 12.1 Å². The normalized spacial score (nSPS) is 36.8. The van der Waals surface area contributed by atoms with Crippen LogP contribution in [0.1, 0.15) is 20.3 Å². The van der Waals surface area contributed by atoms with Crippen molar-refractivity contribution in [1.82, 2.24) is 0 Å². The van der Waals surface area contributed by atoms with Crippen LogP contribution in [0.5, 0.6) is 0 Å². The molecule has 0 N–H and O–H groups in total. The molecule has 0 aromatic rings. The van der Waals surface area contributed by atoms with Crippen LogP contribution in [0.15, 0.2) is 11.6 Å². The summed E-state index contributed by atoms with van der Waals surface area (Å²) in [6.45, 7) is 4.14. The van der Waals surface area contributed by atoms with Gasteiger partial charge in [-0.25, -0.2) is 0 Å². The van der Waals surface area contributed by atoms with Crippen molar-refractivity contribution in [2.45, 2.75) is 20.3 Å². The molecule has 3 rings (SSSR count). The second kappa shape index (κ2) is 2.06. The van der Waals surface area contributed by atoms with Gasteiger partial charge in [-0.1, -0.05) is 13.8 Å². The zero-order valence-corrected chi connectivity index (χ0v) is 7.33. The Morgan fingerprint density at radius 3 is 2.58 bits per heavy atom. The summed E-state index contributed by atoms with van der Waals surface area (Å²) in [5, 5.41) is 0. The van der Waals surface area contributed by atoms with E-state index in [0.29, 0.717) is 11.5 Å². The molecular weight excluding hydrogens is 152 g/mol. The van der Waals surface area contributed by atoms with E-state index in [-0.39, 0.29) is 17.1 Å². The Balaban J connectivity index is 2.42. The second-order valence-electron chi connectivity index (χ2n) is 4.33. The summed E-state index contributed by atoms with van der Waals surface area (Å²) >= 11 is 0.